The highest BCUT2D eigenvalue weighted by molar-refractivity contribution is 6.06. The van der Waals surface area contributed by atoms with Gasteiger partial charge in [-0.3, -0.25) is 4.79 Å². The van der Waals surface area contributed by atoms with Crippen molar-refractivity contribution in [3.8, 4) is 5.75 Å². The first kappa shape index (κ1) is 15.9. The maximum atomic E-state index is 12.2. The lowest BCUT2D eigenvalue weighted by Gasteiger charge is -2.10. The van der Waals surface area contributed by atoms with E-state index in [2.05, 4.69) is 15.2 Å². The highest BCUT2D eigenvalue weighted by atomic mass is 19.3. The molecule has 1 heterocycles. The fourth-order valence-electron chi connectivity index (χ4n) is 2.26. The van der Waals surface area contributed by atoms with E-state index in [0.29, 0.717) is 17.8 Å². The van der Waals surface area contributed by atoms with E-state index in [1.54, 1.807) is 0 Å². The average Bonchev–Trinajstić information content (AvgIpc) is 3.07. The molecule has 0 radical (unpaired) electrons. The first-order valence-corrected chi connectivity index (χ1v) is 7.25. The highest BCUT2D eigenvalue weighted by Crippen LogP contribution is 2.20. The van der Waals surface area contributed by atoms with Crippen molar-refractivity contribution in [1.29, 1.82) is 0 Å². The molecular formula is C17H14F2N2O3. The van der Waals surface area contributed by atoms with Crippen molar-refractivity contribution in [2.45, 2.75) is 19.1 Å². The van der Waals surface area contributed by atoms with Crippen LogP contribution < -0.4 is 10.1 Å². The van der Waals surface area contributed by atoms with Gasteiger partial charge in [0, 0.05) is 12.1 Å². The van der Waals surface area contributed by atoms with Gasteiger partial charge in [0.25, 0.3) is 5.91 Å². The molecule has 0 saturated heterocycles. The first-order chi connectivity index (χ1) is 11.6. The van der Waals surface area contributed by atoms with Gasteiger partial charge < -0.3 is 14.9 Å². The van der Waals surface area contributed by atoms with Gasteiger partial charge in [-0.15, -0.1) is 0 Å². The zero-order valence-electron chi connectivity index (χ0n) is 12.5. The summed E-state index contributed by atoms with van der Waals surface area (Å²) in [7, 11) is 0. The van der Waals surface area contributed by atoms with Gasteiger partial charge >= 0.3 is 6.61 Å². The zero-order chi connectivity index (χ0) is 16.9. The number of carbonyl (C=O) groups is 1. The number of hydrogen-bond acceptors (Lipinski definition) is 4. The van der Waals surface area contributed by atoms with Crippen LogP contribution >= 0.6 is 0 Å². The molecule has 3 rings (SSSR count). The number of nitrogens with zero attached hydrogens (tertiary/aromatic N) is 1. The largest absolute Gasteiger partial charge is 0.435 e. The van der Waals surface area contributed by atoms with Gasteiger partial charge in [0.1, 0.15) is 5.75 Å². The molecule has 1 aliphatic heterocycles. The van der Waals surface area contributed by atoms with Gasteiger partial charge in [-0.2, -0.15) is 8.78 Å². The van der Waals surface area contributed by atoms with E-state index >= 15 is 0 Å². The maximum Gasteiger partial charge on any atom is 0.387 e. The SMILES string of the molecule is O=C(Nc1ccc(OC(F)F)cc1)C1CC(c2ccccc2)=NO1. The van der Waals surface area contributed by atoms with Crippen LogP contribution in [0.4, 0.5) is 14.5 Å². The number of halogens is 2. The Morgan fingerprint density at radius 3 is 2.54 bits per heavy atom. The highest BCUT2D eigenvalue weighted by Gasteiger charge is 2.28. The van der Waals surface area contributed by atoms with Gasteiger partial charge in [0.15, 0.2) is 0 Å². The van der Waals surface area contributed by atoms with E-state index in [9.17, 15) is 13.6 Å². The van der Waals surface area contributed by atoms with Gasteiger partial charge in [0.2, 0.25) is 6.10 Å². The predicted molar refractivity (Wildman–Crippen MR) is 84.2 cm³/mol. The van der Waals surface area contributed by atoms with Crippen molar-refractivity contribution in [1.82, 2.24) is 0 Å². The van der Waals surface area contributed by atoms with Crippen LogP contribution in [0.15, 0.2) is 59.8 Å². The van der Waals surface area contributed by atoms with Gasteiger partial charge in [-0.1, -0.05) is 35.5 Å². The Morgan fingerprint density at radius 2 is 1.88 bits per heavy atom. The van der Waals surface area contributed by atoms with Crippen LogP contribution in [0, 0.1) is 0 Å². The molecule has 1 aliphatic rings. The minimum atomic E-state index is -2.88. The van der Waals surface area contributed by atoms with Crippen molar-refractivity contribution in [2.75, 3.05) is 5.32 Å². The molecule has 24 heavy (non-hydrogen) atoms. The van der Waals surface area contributed by atoms with Gasteiger partial charge in [0.05, 0.1) is 5.71 Å². The van der Waals surface area contributed by atoms with Crippen molar-refractivity contribution in [3.63, 3.8) is 0 Å². The van der Waals surface area contributed by atoms with E-state index < -0.39 is 12.7 Å². The topological polar surface area (TPSA) is 59.9 Å². The summed E-state index contributed by atoms with van der Waals surface area (Å²) >= 11 is 0. The normalized spacial score (nSPS) is 16.5. The van der Waals surface area contributed by atoms with E-state index in [0.717, 1.165) is 5.56 Å². The molecule has 124 valence electrons. The lowest BCUT2D eigenvalue weighted by atomic mass is 10.0. The summed E-state index contributed by atoms with van der Waals surface area (Å²) in [6, 6.07) is 15.1. The third-order valence-corrected chi connectivity index (χ3v) is 3.42. The van der Waals surface area contributed by atoms with Gasteiger partial charge in [-0.25, -0.2) is 0 Å². The molecule has 1 atom stereocenters. The number of carbonyl (C=O) groups excluding carboxylic acids is 1. The fraction of sp³-hybridized carbons (Fsp3) is 0.176. The smallest absolute Gasteiger partial charge is 0.387 e. The third kappa shape index (κ3) is 3.87. The van der Waals surface area contributed by atoms with E-state index in [4.69, 9.17) is 4.84 Å². The molecule has 7 heteroatoms. The molecule has 1 N–H and O–H groups in total. The Hall–Kier alpha value is -2.96. The van der Waals surface area contributed by atoms with Crippen LogP contribution in [0.2, 0.25) is 0 Å². The lowest BCUT2D eigenvalue weighted by Crippen LogP contribution is -2.28. The summed E-state index contributed by atoms with van der Waals surface area (Å²) in [6.07, 6.45) is -0.361. The van der Waals surface area contributed by atoms with Gasteiger partial charge in [-0.05, 0) is 29.8 Å². The Bertz CT molecular complexity index is 733. The number of anilines is 1. The first-order valence-electron chi connectivity index (χ1n) is 7.25. The summed E-state index contributed by atoms with van der Waals surface area (Å²) in [5.74, 6) is -0.331. The Labute approximate surface area is 136 Å². The van der Waals surface area contributed by atoms with Crippen LogP contribution in [-0.4, -0.2) is 24.3 Å². The average molecular weight is 332 g/mol. The maximum absolute atomic E-state index is 12.2. The van der Waals surface area contributed by atoms with E-state index in [1.807, 2.05) is 30.3 Å². The van der Waals surface area contributed by atoms with Crippen LogP contribution in [0.1, 0.15) is 12.0 Å². The molecule has 0 aromatic heterocycles. The zero-order valence-corrected chi connectivity index (χ0v) is 12.5. The predicted octanol–water partition coefficient (Wildman–Crippen LogP) is 3.42. The number of rotatable bonds is 5. The minimum Gasteiger partial charge on any atom is -0.435 e. The molecule has 0 aliphatic carbocycles. The van der Waals surface area contributed by atoms with Crippen molar-refractivity contribution in [3.05, 3.63) is 60.2 Å². The molecule has 1 unspecified atom stereocenters. The quantitative estimate of drug-likeness (QED) is 0.913. The molecule has 2 aromatic carbocycles. The van der Waals surface area contributed by atoms with E-state index in [-0.39, 0.29) is 11.7 Å². The number of benzene rings is 2. The number of oxime groups is 1. The van der Waals surface area contributed by atoms with Crippen molar-refractivity contribution in [2.24, 2.45) is 5.16 Å². The third-order valence-electron chi connectivity index (χ3n) is 3.42. The summed E-state index contributed by atoms with van der Waals surface area (Å²) < 4.78 is 28.4. The summed E-state index contributed by atoms with van der Waals surface area (Å²) in [5, 5.41) is 6.61. The molecular weight excluding hydrogens is 318 g/mol. The molecule has 1 amide bonds. The number of amides is 1. The molecule has 0 saturated carbocycles. The van der Waals surface area contributed by atoms with Crippen molar-refractivity contribution < 1.29 is 23.1 Å². The van der Waals surface area contributed by atoms with Crippen LogP contribution in [0.3, 0.4) is 0 Å². The standard InChI is InChI=1S/C17H14F2N2O3/c18-17(19)23-13-8-6-12(7-9-13)20-16(22)15-10-14(21-24-15)11-4-2-1-3-5-11/h1-9,15,17H,10H2,(H,20,22). The number of hydrogen-bond donors (Lipinski definition) is 1. The summed E-state index contributed by atoms with van der Waals surface area (Å²) in [6.45, 7) is -2.88. The van der Waals surface area contributed by atoms with Crippen LogP contribution in [0.25, 0.3) is 0 Å². The number of nitrogens with one attached hydrogen (secondary N) is 1. The fourth-order valence-corrected chi connectivity index (χ4v) is 2.26. The number of alkyl halides is 2. The van der Waals surface area contributed by atoms with E-state index in [1.165, 1.54) is 24.3 Å². The molecule has 0 bridgehead atoms. The van der Waals surface area contributed by atoms with Crippen LogP contribution in [-0.2, 0) is 9.63 Å². The Balaban J connectivity index is 1.57. The summed E-state index contributed by atoms with van der Waals surface area (Å²) in [5.41, 5.74) is 2.07. The number of ether oxygens (including phenoxy) is 1. The van der Waals surface area contributed by atoms with Crippen molar-refractivity contribution >= 4 is 17.3 Å². The molecule has 0 fully saturated rings. The molecule has 2 aromatic rings. The Kier molecular flexibility index (Phi) is 4.69. The summed E-state index contributed by atoms with van der Waals surface area (Å²) in [4.78, 5) is 17.4. The second-order valence-corrected chi connectivity index (χ2v) is 5.09. The Morgan fingerprint density at radius 1 is 1.17 bits per heavy atom. The lowest BCUT2D eigenvalue weighted by molar-refractivity contribution is -0.125. The minimum absolute atomic E-state index is 0.0230. The molecule has 5 nitrogen and oxygen atoms in total. The molecule has 0 spiro atoms. The van der Waals surface area contributed by atoms with Crippen LogP contribution in [0.5, 0.6) is 5.75 Å². The monoisotopic (exact) mass is 332 g/mol. The second-order valence-electron chi connectivity index (χ2n) is 5.09. The second kappa shape index (κ2) is 7.08.